The number of hydrogen-bond donors (Lipinski definition) is 0. The van der Waals surface area contributed by atoms with E-state index in [0.717, 1.165) is 22.6 Å². The van der Waals surface area contributed by atoms with Crippen molar-refractivity contribution in [2.24, 2.45) is 5.10 Å². The number of rotatable bonds is 7. The van der Waals surface area contributed by atoms with Crippen molar-refractivity contribution in [3.8, 4) is 17.2 Å². The van der Waals surface area contributed by atoms with Gasteiger partial charge in [0.25, 0.3) is 10.0 Å². The Morgan fingerprint density at radius 2 is 1.22 bits per heavy atom. The molecule has 4 rings (SSSR count). The summed E-state index contributed by atoms with van der Waals surface area (Å²) < 4.78 is 43.5. The molecule has 0 aliphatic carbocycles. The van der Waals surface area contributed by atoms with Crippen LogP contribution in [0.2, 0.25) is 0 Å². The maximum atomic E-state index is 13.3. The molecule has 0 N–H and O–H groups in total. The molecule has 0 radical (unpaired) electrons. The van der Waals surface area contributed by atoms with Crippen LogP contribution >= 0.6 is 0 Å². The molecule has 0 saturated carbocycles. The minimum atomic E-state index is -3.83. The van der Waals surface area contributed by atoms with E-state index in [4.69, 9.17) is 14.2 Å². The van der Waals surface area contributed by atoms with Crippen LogP contribution in [-0.2, 0) is 10.0 Å². The third-order valence-corrected chi connectivity index (χ3v) is 7.08. The zero-order valence-electron chi connectivity index (χ0n) is 18.1. The molecule has 1 aliphatic rings. The van der Waals surface area contributed by atoms with Gasteiger partial charge in [-0.15, -0.1) is 0 Å². The molecular formula is C24H24N2O5S. The molecule has 0 saturated heterocycles. The summed E-state index contributed by atoms with van der Waals surface area (Å²) >= 11 is 0. The average molecular weight is 453 g/mol. The Kier molecular flexibility index (Phi) is 6.05. The Hall–Kier alpha value is -3.52. The van der Waals surface area contributed by atoms with Crippen LogP contribution in [0.4, 0.5) is 0 Å². The highest BCUT2D eigenvalue weighted by Gasteiger charge is 2.36. The Balaban J connectivity index is 1.74. The second-order valence-corrected chi connectivity index (χ2v) is 9.07. The van der Waals surface area contributed by atoms with E-state index in [-0.39, 0.29) is 17.4 Å². The predicted molar refractivity (Wildman–Crippen MR) is 122 cm³/mol. The van der Waals surface area contributed by atoms with E-state index in [1.54, 1.807) is 26.4 Å². The van der Waals surface area contributed by atoms with Gasteiger partial charge in [-0.2, -0.15) is 17.9 Å². The normalized spacial score (nSPS) is 15.9. The third kappa shape index (κ3) is 4.13. The van der Waals surface area contributed by atoms with Crippen molar-refractivity contribution in [1.82, 2.24) is 4.41 Å². The van der Waals surface area contributed by atoms with Crippen molar-refractivity contribution in [2.45, 2.75) is 10.8 Å². The number of benzene rings is 3. The minimum Gasteiger partial charge on any atom is -0.497 e. The molecule has 0 aromatic heterocycles. The summed E-state index contributed by atoms with van der Waals surface area (Å²) in [6.45, 7) is 0.196. The highest BCUT2D eigenvalue weighted by Crippen LogP contribution is 2.33. The topological polar surface area (TPSA) is 77.4 Å². The SMILES string of the molecule is COc1ccc(C2=NN(S(=O)(=O)c3ccc(OC)cc3)CC2c2ccc(OC)cc2)cc1. The van der Waals surface area contributed by atoms with Crippen LogP contribution in [-0.4, -0.2) is 46.4 Å². The van der Waals surface area contributed by atoms with E-state index < -0.39 is 10.0 Å². The lowest BCUT2D eigenvalue weighted by Gasteiger charge is -2.17. The van der Waals surface area contributed by atoms with Crippen molar-refractivity contribution in [3.05, 3.63) is 83.9 Å². The summed E-state index contributed by atoms with van der Waals surface area (Å²) in [7, 11) is 0.918. The maximum absolute atomic E-state index is 13.3. The van der Waals surface area contributed by atoms with Gasteiger partial charge in [0, 0.05) is 5.92 Å². The van der Waals surface area contributed by atoms with E-state index in [1.807, 2.05) is 48.5 Å². The molecule has 1 heterocycles. The molecule has 166 valence electrons. The Morgan fingerprint density at radius 3 is 1.72 bits per heavy atom. The summed E-state index contributed by atoms with van der Waals surface area (Å²) in [5.41, 5.74) is 2.46. The van der Waals surface area contributed by atoms with Crippen LogP contribution in [0.15, 0.2) is 82.8 Å². The third-order valence-electron chi connectivity index (χ3n) is 5.43. The Morgan fingerprint density at radius 1 is 0.750 bits per heavy atom. The molecule has 3 aromatic rings. The van der Waals surface area contributed by atoms with Crippen LogP contribution in [0, 0.1) is 0 Å². The summed E-state index contributed by atoms with van der Waals surface area (Å²) in [4.78, 5) is 0.159. The van der Waals surface area contributed by atoms with Gasteiger partial charge in [-0.3, -0.25) is 0 Å². The van der Waals surface area contributed by atoms with Crippen LogP contribution in [0.3, 0.4) is 0 Å². The first-order valence-corrected chi connectivity index (χ1v) is 11.4. The van der Waals surface area contributed by atoms with Crippen LogP contribution in [0.1, 0.15) is 17.0 Å². The number of nitrogens with zero attached hydrogens (tertiary/aromatic N) is 2. The molecule has 0 spiro atoms. The van der Waals surface area contributed by atoms with Crippen molar-refractivity contribution >= 4 is 15.7 Å². The molecule has 3 aromatic carbocycles. The predicted octanol–water partition coefficient (Wildman–Crippen LogP) is 3.90. The zero-order valence-corrected chi connectivity index (χ0v) is 18.9. The molecule has 1 aliphatic heterocycles. The van der Waals surface area contributed by atoms with E-state index in [2.05, 4.69) is 5.10 Å². The van der Waals surface area contributed by atoms with Crippen LogP contribution < -0.4 is 14.2 Å². The summed E-state index contributed by atoms with van der Waals surface area (Å²) in [5, 5.41) is 4.56. The lowest BCUT2D eigenvalue weighted by molar-refractivity contribution is 0.414. The van der Waals surface area contributed by atoms with E-state index >= 15 is 0 Å². The number of hydrazone groups is 1. The smallest absolute Gasteiger partial charge is 0.279 e. The molecule has 7 nitrogen and oxygen atoms in total. The first-order valence-electron chi connectivity index (χ1n) is 10.00. The van der Waals surface area contributed by atoms with E-state index in [0.29, 0.717) is 11.5 Å². The quantitative estimate of drug-likeness (QED) is 0.543. The van der Waals surface area contributed by atoms with Gasteiger partial charge in [-0.25, -0.2) is 0 Å². The lowest BCUT2D eigenvalue weighted by Crippen LogP contribution is -2.26. The van der Waals surface area contributed by atoms with Gasteiger partial charge < -0.3 is 14.2 Å². The van der Waals surface area contributed by atoms with Crippen molar-refractivity contribution in [2.75, 3.05) is 27.9 Å². The summed E-state index contributed by atoms with van der Waals surface area (Å²) in [6.07, 6.45) is 0. The average Bonchev–Trinajstić information content (AvgIpc) is 3.30. The molecule has 0 fully saturated rings. The molecule has 1 atom stereocenters. The monoisotopic (exact) mass is 452 g/mol. The zero-order chi connectivity index (χ0) is 22.7. The van der Waals surface area contributed by atoms with Gasteiger partial charge in [0.15, 0.2) is 0 Å². The second-order valence-electron chi connectivity index (χ2n) is 7.22. The van der Waals surface area contributed by atoms with E-state index in [1.165, 1.54) is 23.7 Å². The molecular weight excluding hydrogens is 428 g/mol. The number of hydrogen-bond acceptors (Lipinski definition) is 6. The van der Waals surface area contributed by atoms with Gasteiger partial charge in [-0.1, -0.05) is 12.1 Å². The first kappa shape index (κ1) is 21.7. The van der Waals surface area contributed by atoms with Crippen molar-refractivity contribution in [3.63, 3.8) is 0 Å². The Labute approximate surface area is 187 Å². The fourth-order valence-corrected chi connectivity index (χ4v) is 4.88. The van der Waals surface area contributed by atoms with Crippen molar-refractivity contribution in [1.29, 1.82) is 0 Å². The van der Waals surface area contributed by atoms with Gasteiger partial charge in [0.05, 0.1) is 38.5 Å². The molecule has 32 heavy (non-hydrogen) atoms. The van der Waals surface area contributed by atoms with Gasteiger partial charge in [-0.05, 0) is 71.8 Å². The summed E-state index contributed by atoms with van der Waals surface area (Å²) in [6, 6.07) is 21.3. The van der Waals surface area contributed by atoms with Gasteiger partial charge >= 0.3 is 0 Å². The van der Waals surface area contributed by atoms with Gasteiger partial charge in [0.1, 0.15) is 17.2 Å². The van der Waals surface area contributed by atoms with Gasteiger partial charge in [0.2, 0.25) is 0 Å². The number of sulfonamides is 1. The molecule has 8 heteroatoms. The molecule has 0 bridgehead atoms. The van der Waals surface area contributed by atoms with Crippen LogP contribution in [0.5, 0.6) is 17.2 Å². The highest BCUT2D eigenvalue weighted by molar-refractivity contribution is 7.89. The maximum Gasteiger partial charge on any atom is 0.279 e. The molecule has 1 unspecified atom stereocenters. The summed E-state index contributed by atoms with van der Waals surface area (Å²) in [5.74, 6) is 1.81. The number of methoxy groups -OCH3 is 3. The largest absolute Gasteiger partial charge is 0.497 e. The van der Waals surface area contributed by atoms with E-state index in [9.17, 15) is 8.42 Å². The first-order chi connectivity index (χ1) is 15.5. The fraction of sp³-hybridized carbons (Fsp3) is 0.208. The van der Waals surface area contributed by atoms with Crippen molar-refractivity contribution < 1.29 is 22.6 Å². The van der Waals surface area contributed by atoms with Crippen LogP contribution in [0.25, 0.3) is 0 Å². The highest BCUT2D eigenvalue weighted by atomic mass is 32.2. The lowest BCUT2D eigenvalue weighted by atomic mass is 9.91. The number of ether oxygens (including phenoxy) is 3. The molecule has 0 amide bonds. The Bertz CT molecular complexity index is 1200. The minimum absolute atomic E-state index is 0.159. The second kappa shape index (κ2) is 8.92. The standard InChI is InChI=1S/C24H24N2O5S/c1-29-19-8-4-17(5-9-19)23-16-26(25-24(23)18-6-10-20(30-2)11-7-18)32(27,28)22-14-12-21(31-3)13-15-22/h4-15,23H,16H2,1-3H3. The fourth-order valence-electron chi connectivity index (χ4n) is 3.61.